The van der Waals surface area contributed by atoms with Gasteiger partial charge in [0, 0.05) is 16.4 Å². The van der Waals surface area contributed by atoms with Gasteiger partial charge in [-0.05, 0) is 43.1 Å². The summed E-state index contributed by atoms with van der Waals surface area (Å²) < 4.78 is 12.9. The van der Waals surface area contributed by atoms with Gasteiger partial charge in [-0.25, -0.2) is 4.39 Å². The molecule has 0 aliphatic carbocycles. The zero-order chi connectivity index (χ0) is 12.0. The van der Waals surface area contributed by atoms with Gasteiger partial charge in [-0.15, -0.1) is 0 Å². The summed E-state index contributed by atoms with van der Waals surface area (Å²) in [6.07, 6.45) is 2.17. The fraction of sp³-hybridized carbons (Fsp3) is 0.500. The van der Waals surface area contributed by atoms with Crippen molar-refractivity contribution in [2.45, 2.75) is 31.1 Å². The summed E-state index contributed by atoms with van der Waals surface area (Å²) in [5, 5.41) is 3.86. The summed E-state index contributed by atoms with van der Waals surface area (Å²) in [4.78, 5) is 0.544. The molecule has 1 aromatic carbocycles. The first kappa shape index (κ1) is 13.9. The smallest absolute Gasteiger partial charge is 0.123 e. The highest BCUT2D eigenvalue weighted by Gasteiger charge is 2.03. The standard InChI is InChI=1S/C12H16BrClFN/c1-2-10(13)5-6-16-8-9-7-11(15)3-4-12(9)14/h3-4,7,10,16H,2,5-6,8H2,1H3. The summed E-state index contributed by atoms with van der Waals surface area (Å²) >= 11 is 9.51. The van der Waals surface area contributed by atoms with E-state index in [0.29, 0.717) is 16.4 Å². The minimum atomic E-state index is -0.242. The molecule has 0 aliphatic heterocycles. The number of halogens is 3. The molecule has 0 bridgehead atoms. The molecule has 0 aliphatic rings. The van der Waals surface area contributed by atoms with Gasteiger partial charge in [0.15, 0.2) is 0 Å². The van der Waals surface area contributed by atoms with E-state index >= 15 is 0 Å². The minimum absolute atomic E-state index is 0.242. The molecule has 0 saturated heterocycles. The van der Waals surface area contributed by atoms with Crippen LogP contribution in [0.5, 0.6) is 0 Å². The fourth-order valence-corrected chi connectivity index (χ4v) is 1.78. The Morgan fingerprint density at radius 2 is 2.25 bits per heavy atom. The average Bonchev–Trinajstić information content (AvgIpc) is 2.28. The van der Waals surface area contributed by atoms with Gasteiger partial charge in [0.25, 0.3) is 0 Å². The van der Waals surface area contributed by atoms with Crippen LogP contribution in [0.25, 0.3) is 0 Å². The van der Waals surface area contributed by atoms with Crippen molar-refractivity contribution in [3.63, 3.8) is 0 Å². The highest BCUT2D eigenvalue weighted by atomic mass is 79.9. The molecule has 0 fully saturated rings. The van der Waals surface area contributed by atoms with E-state index in [1.165, 1.54) is 12.1 Å². The van der Waals surface area contributed by atoms with Crippen LogP contribution in [0, 0.1) is 5.82 Å². The zero-order valence-electron chi connectivity index (χ0n) is 9.27. The normalized spacial score (nSPS) is 12.8. The van der Waals surface area contributed by atoms with E-state index in [-0.39, 0.29) is 5.82 Å². The quantitative estimate of drug-likeness (QED) is 0.615. The van der Waals surface area contributed by atoms with Gasteiger partial charge in [0.2, 0.25) is 0 Å². The van der Waals surface area contributed by atoms with Crippen molar-refractivity contribution < 1.29 is 4.39 Å². The Morgan fingerprint density at radius 1 is 1.50 bits per heavy atom. The minimum Gasteiger partial charge on any atom is -0.313 e. The second-order valence-corrected chi connectivity index (χ2v) is 5.41. The molecule has 0 heterocycles. The summed E-state index contributed by atoms with van der Waals surface area (Å²) in [6, 6.07) is 4.44. The molecule has 1 rings (SSSR count). The maximum Gasteiger partial charge on any atom is 0.123 e. The molecule has 0 radical (unpaired) electrons. The Morgan fingerprint density at radius 3 is 2.94 bits per heavy atom. The molecule has 0 saturated carbocycles. The van der Waals surface area contributed by atoms with Gasteiger partial charge in [0.05, 0.1) is 0 Å². The Hall–Kier alpha value is -0.120. The van der Waals surface area contributed by atoms with Crippen molar-refractivity contribution in [1.82, 2.24) is 5.32 Å². The molecule has 1 atom stereocenters. The maximum absolute atomic E-state index is 12.9. The monoisotopic (exact) mass is 307 g/mol. The van der Waals surface area contributed by atoms with Crippen LogP contribution in [-0.4, -0.2) is 11.4 Å². The lowest BCUT2D eigenvalue weighted by atomic mass is 10.2. The molecule has 0 aromatic heterocycles. The number of alkyl halides is 1. The first-order valence-corrected chi connectivity index (χ1v) is 6.71. The van der Waals surface area contributed by atoms with Crippen LogP contribution in [0.1, 0.15) is 25.3 Å². The van der Waals surface area contributed by atoms with Crippen LogP contribution in [0.15, 0.2) is 18.2 Å². The van der Waals surface area contributed by atoms with Crippen molar-refractivity contribution >= 4 is 27.5 Å². The highest BCUT2D eigenvalue weighted by molar-refractivity contribution is 9.09. The topological polar surface area (TPSA) is 12.0 Å². The van der Waals surface area contributed by atoms with E-state index in [2.05, 4.69) is 28.2 Å². The molecular formula is C12H16BrClFN. The van der Waals surface area contributed by atoms with Gasteiger partial charge in [-0.1, -0.05) is 34.5 Å². The summed E-state index contributed by atoms with van der Waals surface area (Å²) in [7, 11) is 0. The Balaban J connectivity index is 2.34. The van der Waals surface area contributed by atoms with Crippen LogP contribution < -0.4 is 5.32 Å². The lowest BCUT2D eigenvalue weighted by Crippen LogP contribution is -2.17. The Bertz CT molecular complexity index is 333. The fourth-order valence-electron chi connectivity index (χ4n) is 1.36. The van der Waals surface area contributed by atoms with E-state index in [0.717, 1.165) is 24.9 Å². The largest absolute Gasteiger partial charge is 0.313 e. The average molecular weight is 309 g/mol. The van der Waals surface area contributed by atoms with Gasteiger partial charge in [-0.3, -0.25) is 0 Å². The van der Waals surface area contributed by atoms with Crippen molar-refractivity contribution in [3.8, 4) is 0 Å². The molecule has 16 heavy (non-hydrogen) atoms. The highest BCUT2D eigenvalue weighted by Crippen LogP contribution is 2.16. The molecule has 1 aromatic rings. The van der Waals surface area contributed by atoms with E-state index in [1.54, 1.807) is 6.07 Å². The number of hydrogen-bond donors (Lipinski definition) is 1. The zero-order valence-corrected chi connectivity index (χ0v) is 11.6. The lowest BCUT2D eigenvalue weighted by molar-refractivity contribution is 0.611. The van der Waals surface area contributed by atoms with Crippen molar-refractivity contribution in [2.75, 3.05) is 6.54 Å². The number of benzene rings is 1. The number of nitrogens with one attached hydrogen (secondary N) is 1. The van der Waals surface area contributed by atoms with Gasteiger partial charge in [-0.2, -0.15) is 0 Å². The predicted molar refractivity (Wildman–Crippen MR) is 70.7 cm³/mol. The van der Waals surface area contributed by atoms with E-state index < -0.39 is 0 Å². The third kappa shape index (κ3) is 4.81. The SMILES string of the molecule is CCC(Br)CCNCc1cc(F)ccc1Cl. The first-order valence-electron chi connectivity index (χ1n) is 5.42. The van der Waals surface area contributed by atoms with Crippen LogP contribution in [-0.2, 0) is 6.54 Å². The Labute approximate surface area is 110 Å². The van der Waals surface area contributed by atoms with E-state index in [4.69, 9.17) is 11.6 Å². The third-order valence-electron chi connectivity index (χ3n) is 2.40. The predicted octanol–water partition coefficient (Wildman–Crippen LogP) is 4.13. The van der Waals surface area contributed by atoms with Crippen LogP contribution in [0.2, 0.25) is 5.02 Å². The van der Waals surface area contributed by atoms with E-state index in [9.17, 15) is 4.39 Å². The van der Waals surface area contributed by atoms with Gasteiger partial charge in [0.1, 0.15) is 5.82 Å². The van der Waals surface area contributed by atoms with Crippen molar-refractivity contribution in [2.24, 2.45) is 0 Å². The maximum atomic E-state index is 12.9. The molecule has 1 nitrogen and oxygen atoms in total. The molecular weight excluding hydrogens is 292 g/mol. The molecule has 1 unspecified atom stereocenters. The van der Waals surface area contributed by atoms with Crippen LogP contribution in [0.4, 0.5) is 4.39 Å². The third-order valence-corrected chi connectivity index (χ3v) is 3.87. The summed E-state index contributed by atoms with van der Waals surface area (Å²) in [5.41, 5.74) is 0.810. The molecule has 1 N–H and O–H groups in total. The summed E-state index contributed by atoms with van der Waals surface area (Å²) in [6.45, 7) is 3.65. The second-order valence-electron chi connectivity index (χ2n) is 3.71. The number of rotatable bonds is 6. The van der Waals surface area contributed by atoms with Crippen LogP contribution >= 0.6 is 27.5 Å². The van der Waals surface area contributed by atoms with Crippen molar-refractivity contribution in [3.05, 3.63) is 34.6 Å². The molecule has 90 valence electrons. The summed E-state index contributed by atoms with van der Waals surface area (Å²) in [5.74, 6) is -0.242. The number of hydrogen-bond acceptors (Lipinski definition) is 1. The van der Waals surface area contributed by atoms with Gasteiger partial charge >= 0.3 is 0 Å². The molecule has 4 heteroatoms. The van der Waals surface area contributed by atoms with E-state index in [1.807, 2.05) is 0 Å². The molecule has 0 amide bonds. The first-order chi connectivity index (χ1) is 7.63. The molecule has 0 spiro atoms. The van der Waals surface area contributed by atoms with Crippen molar-refractivity contribution in [1.29, 1.82) is 0 Å². The van der Waals surface area contributed by atoms with Crippen LogP contribution in [0.3, 0.4) is 0 Å². The van der Waals surface area contributed by atoms with Gasteiger partial charge < -0.3 is 5.32 Å². The lowest BCUT2D eigenvalue weighted by Gasteiger charge is -2.09. The Kier molecular flexibility index (Phi) is 6.32. The second kappa shape index (κ2) is 7.25.